The molecule has 3 nitrogen and oxygen atoms in total. The minimum atomic E-state index is -0.173. The zero-order valence-electron chi connectivity index (χ0n) is 6.72. The smallest absolute Gasteiger partial charge is 0.335 e. The summed E-state index contributed by atoms with van der Waals surface area (Å²) in [7, 11) is 0. The van der Waals surface area contributed by atoms with Crippen LogP contribution in [-0.4, -0.2) is 19.1 Å². The summed E-state index contributed by atoms with van der Waals surface area (Å²) in [5, 5.41) is 3.04. The van der Waals surface area contributed by atoms with Crippen LogP contribution in [0.25, 0.3) is 0 Å². The Hall–Kier alpha value is -0.990. The van der Waals surface area contributed by atoms with E-state index in [1.54, 1.807) is 6.20 Å². The fraction of sp³-hybridized carbons (Fsp3) is 0.625. The third-order valence-electron chi connectivity index (χ3n) is 1.54. The largest absolute Gasteiger partial charge is 0.462 e. The van der Waals surface area contributed by atoms with Gasteiger partial charge in [-0.1, -0.05) is 6.92 Å². The molecule has 0 aromatic heterocycles. The molecule has 0 radical (unpaired) electrons. The molecule has 11 heavy (non-hydrogen) atoms. The maximum absolute atomic E-state index is 10.8. The molecule has 0 unspecified atom stereocenters. The number of hydrogen-bond donors (Lipinski definition) is 1. The van der Waals surface area contributed by atoms with Gasteiger partial charge >= 0.3 is 5.97 Å². The van der Waals surface area contributed by atoms with Crippen LogP contribution in [-0.2, 0) is 9.53 Å². The first-order valence-electron chi connectivity index (χ1n) is 3.94. The van der Waals surface area contributed by atoms with E-state index in [9.17, 15) is 4.79 Å². The molecule has 0 amide bonds. The summed E-state index contributed by atoms with van der Waals surface area (Å²) in [6.45, 7) is 3.54. The molecule has 0 bridgehead atoms. The summed E-state index contributed by atoms with van der Waals surface area (Å²) in [6.07, 6.45) is 3.58. The van der Waals surface area contributed by atoms with Crippen molar-refractivity contribution < 1.29 is 9.53 Å². The molecule has 0 spiro atoms. The number of nitrogens with one attached hydrogen (secondary N) is 1. The Morgan fingerprint density at radius 2 is 2.55 bits per heavy atom. The van der Waals surface area contributed by atoms with E-state index < -0.39 is 0 Å². The summed E-state index contributed by atoms with van der Waals surface area (Å²) in [5.74, 6) is -0.173. The van der Waals surface area contributed by atoms with E-state index in [1.807, 2.05) is 0 Å². The maximum Gasteiger partial charge on any atom is 0.335 e. The maximum atomic E-state index is 10.8. The van der Waals surface area contributed by atoms with E-state index in [2.05, 4.69) is 12.2 Å². The van der Waals surface area contributed by atoms with Gasteiger partial charge in [-0.2, -0.15) is 0 Å². The lowest BCUT2D eigenvalue weighted by Crippen LogP contribution is -2.08. The fourth-order valence-corrected chi connectivity index (χ4v) is 0.919. The standard InChI is InChI=1S/C8H13NO2/c1-2-4-9-6-7-3-5-11-8(7)10/h6,9H,2-5H2,1H3/b7-6+. The Balaban J connectivity index is 2.33. The molecule has 0 aromatic carbocycles. The van der Waals surface area contributed by atoms with Crippen LogP contribution in [0.1, 0.15) is 19.8 Å². The van der Waals surface area contributed by atoms with Crippen molar-refractivity contribution in [2.45, 2.75) is 19.8 Å². The minimum Gasteiger partial charge on any atom is -0.462 e. The Labute approximate surface area is 66.4 Å². The molecule has 0 atom stereocenters. The first kappa shape index (κ1) is 8.11. The molecule has 1 aliphatic heterocycles. The molecule has 1 saturated heterocycles. The first-order valence-corrected chi connectivity index (χ1v) is 3.94. The van der Waals surface area contributed by atoms with Crippen molar-refractivity contribution in [2.75, 3.05) is 13.2 Å². The molecular weight excluding hydrogens is 142 g/mol. The molecule has 1 heterocycles. The van der Waals surface area contributed by atoms with Gasteiger partial charge in [-0.15, -0.1) is 0 Å². The van der Waals surface area contributed by atoms with Gasteiger partial charge in [0.2, 0.25) is 0 Å². The second kappa shape index (κ2) is 4.01. The summed E-state index contributed by atoms with van der Waals surface area (Å²) >= 11 is 0. The highest BCUT2D eigenvalue weighted by Crippen LogP contribution is 2.10. The highest BCUT2D eigenvalue weighted by molar-refractivity contribution is 5.90. The van der Waals surface area contributed by atoms with Crippen molar-refractivity contribution >= 4 is 5.97 Å². The van der Waals surface area contributed by atoms with Crippen LogP contribution in [0.5, 0.6) is 0 Å². The van der Waals surface area contributed by atoms with Gasteiger partial charge in [0.05, 0.1) is 12.2 Å². The third-order valence-corrected chi connectivity index (χ3v) is 1.54. The van der Waals surface area contributed by atoms with Gasteiger partial charge in [-0.25, -0.2) is 4.79 Å². The van der Waals surface area contributed by atoms with E-state index in [1.165, 1.54) is 0 Å². The lowest BCUT2D eigenvalue weighted by Gasteiger charge is -1.96. The van der Waals surface area contributed by atoms with Crippen LogP contribution in [0.4, 0.5) is 0 Å². The molecule has 3 heteroatoms. The van der Waals surface area contributed by atoms with Crippen LogP contribution in [0.2, 0.25) is 0 Å². The van der Waals surface area contributed by atoms with E-state index >= 15 is 0 Å². The second-order valence-electron chi connectivity index (χ2n) is 2.51. The lowest BCUT2D eigenvalue weighted by atomic mass is 10.2. The molecule has 1 aliphatic rings. The number of cyclic esters (lactones) is 1. The molecule has 1 rings (SSSR count). The number of ether oxygens (including phenoxy) is 1. The highest BCUT2D eigenvalue weighted by Gasteiger charge is 2.17. The van der Waals surface area contributed by atoms with Gasteiger partial charge in [0.15, 0.2) is 0 Å². The van der Waals surface area contributed by atoms with Gasteiger partial charge in [0.25, 0.3) is 0 Å². The predicted molar refractivity (Wildman–Crippen MR) is 42.0 cm³/mol. The highest BCUT2D eigenvalue weighted by atomic mass is 16.5. The number of hydrogen-bond acceptors (Lipinski definition) is 3. The molecular formula is C8H13NO2. The van der Waals surface area contributed by atoms with Crippen LogP contribution in [0, 0.1) is 0 Å². The van der Waals surface area contributed by atoms with Crippen molar-refractivity contribution in [1.29, 1.82) is 0 Å². The molecule has 0 aromatic rings. The molecule has 1 fully saturated rings. The van der Waals surface area contributed by atoms with Crippen LogP contribution in [0.15, 0.2) is 11.8 Å². The van der Waals surface area contributed by atoms with Crippen molar-refractivity contribution in [3.8, 4) is 0 Å². The Morgan fingerprint density at radius 3 is 3.09 bits per heavy atom. The zero-order chi connectivity index (χ0) is 8.10. The number of carbonyl (C=O) groups is 1. The fourth-order valence-electron chi connectivity index (χ4n) is 0.919. The monoisotopic (exact) mass is 155 g/mol. The average Bonchev–Trinajstić information content (AvgIpc) is 2.37. The van der Waals surface area contributed by atoms with Gasteiger partial charge in [-0.05, 0) is 6.42 Å². The number of rotatable bonds is 3. The average molecular weight is 155 g/mol. The third kappa shape index (κ3) is 2.26. The van der Waals surface area contributed by atoms with Crippen LogP contribution in [0.3, 0.4) is 0 Å². The Bertz CT molecular complexity index is 175. The van der Waals surface area contributed by atoms with Gasteiger partial charge in [0.1, 0.15) is 0 Å². The van der Waals surface area contributed by atoms with E-state index in [0.717, 1.165) is 25.0 Å². The van der Waals surface area contributed by atoms with Crippen LogP contribution < -0.4 is 5.32 Å². The Morgan fingerprint density at radius 1 is 1.73 bits per heavy atom. The lowest BCUT2D eigenvalue weighted by molar-refractivity contribution is -0.135. The molecule has 0 saturated carbocycles. The number of esters is 1. The van der Waals surface area contributed by atoms with Crippen molar-refractivity contribution in [3.05, 3.63) is 11.8 Å². The van der Waals surface area contributed by atoms with Crippen molar-refractivity contribution in [2.24, 2.45) is 0 Å². The number of carbonyl (C=O) groups excluding carboxylic acids is 1. The van der Waals surface area contributed by atoms with E-state index in [0.29, 0.717) is 6.61 Å². The quantitative estimate of drug-likeness (QED) is 0.372. The van der Waals surface area contributed by atoms with Gasteiger partial charge in [0, 0.05) is 19.2 Å². The first-order chi connectivity index (χ1) is 5.34. The minimum absolute atomic E-state index is 0.173. The summed E-state index contributed by atoms with van der Waals surface area (Å²) < 4.78 is 4.75. The summed E-state index contributed by atoms with van der Waals surface area (Å²) in [5.41, 5.74) is 0.762. The van der Waals surface area contributed by atoms with Crippen LogP contribution >= 0.6 is 0 Å². The van der Waals surface area contributed by atoms with Crippen molar-refractivity contribution in [3.63, 3.8) is 0 Å². The van der Waals surface area contributed by atoms with Crippen molar-refractivity contribution in [1.82, 2.24) is 5.32 Å². The molecule has 62 valence electrons. The summed E-state index contributed by atoms with van der Waals surface area (Å²) in [4.78, 5) is 10.8. The summed E-state index contributed by atoms with van der Waals surface area (Å²) in [6, 6.07) is 0. The van der Waals surface area contributed by atoms with E-state index in [-0.39, 0.29) is 5.97 Å². The Kier molecular flexibility index (Phi) is 2.95. The SMILES string of the molecule is CCCN/C=C1\CCOC1=O. The predicted octanol–water partition coefficient (Wildman–Crippen LogP) is 0.817. The normalized spacial score (nSPS) is 20.5. The van der Waals surface area contributed by atoms with E-state index in [4.69, 9.17) is 4.74 Å². The van der Waals surface area contributed by atoms with Gasteiger partial charge < -0.3 is 10.1 Å². The van der Waals surface area contributed by atoms with Gasteiger partial charge in [-0.3, -0.25) is 0 Å². The molecule has 1 N–H and O–H groups in total. The molecule has 0 aliphatic carbocycles. The second-order valence-corrected chi connectivity index (χ2v) is 2.51. The topological polar surface area (TPSA) is 38.3 Å². The zero-order valence-corrected chi connectivity index (χ0v) is 6.72.